The average Bonchev–Trinajstić information content (AvgIpc) is 2.41. The smallest absolute Gasteiger partial charge is 0.251 e. The monoisotopic (exact) mass is 268 g/mol. The van der Waals surface area contributed by atoms with Gasteiger partial charge in [-0.05, 0) is 25.1 Å². The highest BCUT2D eigenvalue weighted by Crippen LogP contribution is 2.02. The van der Waals surface area contributed by atoms with Crippen molar-refractivity contribution in [3.05, 3.63) is 35.6 Å². The molecule has 0 radical (unpaired) electrons. The Labute approximate surface area is 111 Å². The molecular formula is C13H17FN2O3. The zero-order chi connectivity index (χ0) is 14.1. The minimum Gasteiger partial charge on any atom is -0.380 e. The normalized spacial score (nSPS) is 10.0. The third kappa shape index (κ3) is 5.96. The Hall–Kier alpha value is -1.95. The van der Waals surface area contributed by atoms with Gasteiger partial charge in [0.1, 0.15) is 5.82 Å². The van der Waals surface area contributed by atoms with E-state index in [1.165, 1.54) is 18.2 Å². The van der Waals surface area contributed by atoms with Crippen LogP contribution in [0.1, 0.15) is 17.3 Å². The van der Waals surface area contributed by atoms with Crippen LogP contribution in [0.4, 0.5) is 4.39 Å². The summed E-state index contributed by atoms with van der Waals surface area (Å²) in [6.07, 6.45) is 0. The number of rotatable bonds is 7. The molecule has 0 bridgehead atoms. The molecule has 0 aliphatic carbocycles. The van der Waals surface area contributed by atoms with Crippen LogP contribution in [0.25, 0.3) is 0 Å². The average molecular weight is 268 g/mol. The van der Waals surface area contributed by atoms with E-state index < -0.39 is 11.7 Å². The minimum atomic E-state index is -0.492. The summed E-state index contributed by atoms with van der Waals surface area (Å²) >= 11 is 0. The zero-order valence-corrected chi connectivity index (χ0v) is 10.7. The van der Waals surface area contributed by atoms with Gasteiger partial charge in [-0.3, -0.25) is 9.59 Å². The maximum atomic E-state index is 12.9. The Balaban J connectivity index is 2.28. The number of benzene rings is 1. The van der Waals surface area contributed by atoms with Crippen LogP contribution < -0.4 is 10.6 Å². The van der Waals surface area contributed by atoms with Crippen molar-refractivity contribution >= 4 is 11.8 Å². The molecular weight excluding hydrogens is 251 g/mol. The van der Waals surface area contributed by atoms with Gasteiger partial charge in [-0.2, -0.15) is 0 Å². The van der Waals surface area contributed by atoms with E-state index in [1.807, 2.05) is 6.92 Å². The van der Waals surface area contributed by atoms with Crippen LogP contribution in [-0.2, 0) is 9.53 Å². The summed E-state index contributed by atoms with van der Waals surface area (Å²) < 4.78 is 17.9. The van der Waals surface area contributed by atoms with E-state index in [1.54, 1.807) is 0 Å². The summed E-state index contributed by atoms with van der Waals surface area (Å²) in [5.41, 5.74) is 0.183. The molecule has 2 amide bonds. The molecule has 2 N–H and O–H groups in total. The first-order valence-electron chi connectivity index (χ1n) is 6.01. The number of carbonyl (C=O) groups is 2. The Morgan fingerprint density at radius 2 is 2.11 bits per heavy atom. The van der Waals surface area contributed by atoms with E-state index >= 15 is 0 Å². The number of hydrogen-bond donors (Lipinski definition) is 2. The highest BCUT2D eigenvalue weighted by molar-refractivity contribution is 5.96. The Morgan fingerprint density at radius 1 is 1.32 bits per heavy atom. The first-order valence-corrected chi connectivity index (χ1v) is 6.01. The van der Waals surface area contributed by atoms with E-state index in [2.05, 4.69) is 10.6 Å². The minimum absolute atomic E-state index is 0.151. The van der Waals surface area contributed by atoms with Gasteiger partial charge in [-0.25, -0.2) is 4.39 Å². The van der Waals surface area contributed by atoms with Crippen molar-refractivity contribution in [3.8, 4) is 0 Å². The lowest BCUT2D eigenvalue weighted by molar-refractivity contribution is -0.120. The highest BCUT2D eigenvalue weighted by atomic mass is 19.1. The van der Waals surface area contributed by atoms with Crippen molar-refractivity contribution in [1.82, 2.24) is 10.6 Å². The summed E-state index contributed by atoms with van der Waals surface area (Å²) in [7, 11) is 0. The van der Waals surface area contributed by atoms with Crippen molar-refractivity contribution < 1.29 is 18.7 Å². The predicted molar refractivity (Wildman–Crippen MR) is 68.2 cm³/mol. The molecule has 0 spiro atoms. The zero-order valence-electron chi connectivity index (χ0n) is 10.7. The third-order valence-corrected chi connectivity index (χ3v) is 2.27. The fourth-order valence-electron chi connectivity index (χ4n) is 1.36. The van der Waals surface area contributed by atoms with Gasteiger partial charge in [0.25, 0.3) is 5.91 Å². The fourth-order valence-corrected chi connectivity index (χ4v) is 1.36. The number of halogens is 1. The van der Waals surface area contributed by atoms with Crippen molar-refractivity contribution in [2.45, 2.75) is 6.92 Å². The van der Waals surface area contributed by atoms with Crippen LogP contribution in [0, 0.1) is 5.82 Å². The van der Waals surface area contributed by atoms with E-state index in [0.29, 0.717) is 19.8 Å². The topological polar surface area (TPSA) is 67.4 Å². The molecule has 104 valence electrons. The quantitative estimate of drug-likeness (QED) is 0.716. The molecule has 0 atom stereocenters. The highest BCUT2D eigenvalue weighted by Gasteiger charge is 2.08. The molecule has 0 aromatic heterocycles. The first-order chi connectivity index (χ1) is 9.13. The van der Waals surface area contributed by atoms with E-state index in [-0.39, 0.29) is 18.0 Å². The summed E-state index contributed by atoms with van der Waals surface area (Å²) in [5.74, 6) is -1.29. The number of nitrogens with one attached hydrogen (secondary N) is 2. The summed E-state index contributed by atoms with van der Waals surface area (Å²) in [5, 5.41) is 4.99. The molecule has 1 rings (SSSR count). The molecule has 19 heavy (non-hydrogen) atoms. The molecule has 1 aromatic rings. The van der Waals surface area contributed by atoms with Gasteiger partial charge in [0.15, 0.2) is 0 Å². The third-order valence-electron chi connectivity index (χ3n) is 2.27. The largest absolute Gasteiger partial charge is 0.380 e. The van der Waals surface area contributed by atoms with Crippen LogP contribution in [0.2, 0.25) is 0 Å². The van der Waals surface area contributed by atoms with Crippen LogP contribution in [0.15, 0.2) is 24.3 Å². The molecule has 0 unspecified atom stereocenters. The predicted octanol–water partition coefficient (Wildman–Crippen LogP) is 0.708. The number of hydrogen-bond acceptors (Lipinski definition) is 3. The second-order valence-corrected chi connectivity index (χ2v) is 3.74. The maximum Gasteiger partial charge on any atom is 0.251 e. The summed E-state index contributed by atoms with van der Waals surface area (Å²) in [6, 6.07) is 5.28. The maximum absolute atomic E-state index is 12.9. The molecule has 0 saturated heterocycles. The lowest BCUT2D eigenvalue weighted by Gasteiger charge is -2.07. The van der Waals surface area contributed by atoms with Crippen LogP contribution in [-0.4, -0.2) is 38.1 Å². The van der Waals surface area contributed by atoms with Crippen molar-refractivity contribution in [2.24, 2.45) is 0 Å². The number of ether oxygens (including phenoxy) is 1. The summed E-state index contributed by atoms with van der Waals surface area (Å²) in [4.78, 5) is 22.9. The van der Waals surface area contributed by atoms with E-state index in [9.17, 15) is 14.0 Å². The van der Waals surface area contributed by atoms with Gasteiger partial charge in [0.2, 0.25) is 5.91 Å². The molecule has 1 aromatic carbocycles. The van der Waals surface area contributed by atoms with Gasteiger partial charge in [0, 0.05) is 18.7 Å². The van der Waals surface area contributed by atoms with Gasteiger partial charge >= 0.3 is 0 Å². The molecule has 0 aliphatic rings. The van der Waals surface area contributed by atoms with E-state index in [4.69, 9.17) is 4.74 Å². The van der Waals surface area contributed by atoms with Crippen LogP contribution in [0.5, 0.6) is 0 Å². The molecule has 5 nitrogen and oxygen atoms in total. The second kappa shape index (κ2) is 8.20. The van der Waals surface area contributed by atoms with Crippen LogP contribution >= 0.6 is 0 Å². The van der Waals surface area contributed by atoms with Crippen molar-refractivity contribution in [2.75, 3.05) is 26.3 Å². The standard InChI is InChI=1S/C13H17FN2O3/c1-2-19-7-6-15-12(17)9-16-13(18)10-4-3-5-11(14)8-10/h3-5,8H,2,6-7,9H2,1H3,(H,15,17)(H,16,18). The lowest BCUT2D eigenvalue weighted by Crippen LogP contribution is -2.38. The second-order valence-electron chi connectivity index (χ2n) is 3.74. The molecule has 0 saturated carbocycles. The molecule has 0 fully saturated rings. The van der Waals surface area contributed by atoms with Crippen molar-refractivity contribution in [3.63, 3.8) is 0 Å². The fraction of sp³-hybridized carbons (Fsp3) is 0.385. The number of amides is 2. The van der Waals surface area contributed by atoms with Crippen LogP contribution in [0.3, 0.4) is 0 Å². The molecule has 6 heteroatoms. The van der Waals surface area contributed by atoms with Gasteiger partial charge in [-0.15, -0.1) is 0 Å². The molecule has 0 heterocycles. The van der Waals surface area contributed by atoms with Gasteiger partial charge in [0.05, 0.1) is 13.2 Å². The van der Waals surface area contributed by atoms with E-state index in [0.717, 1.165) is 6.07 Å². The number of carbonyl (C=O) groups excluding carboxylic acids is 2. The Kier molecular flexibility index (Phi) is 6.52. The van der Waals surface area contributed by atoms with Gasteiger partial charge in [-0.1, -0.05) is 6.07 Å². The summed E-state index contributed by atoms with van der Waals surface area (Å²) in [6.45, 7) is 3.12. The Bertz CT molecular complexity index is 438. The van der Waals surface area contributed by atoms with Gasteiger partial charge < -0.3 is 15.4 Å². The van der Waals surface area contributed by atoms with Crippen molar-refractivity contribution in [1.29, 1.82) is 0 Å². The first kappa shape index (κ1) is 15.1. The molecule has 0 aliphatic heterocycles. The Morgan fingerprint density at radius 3 is 2.79 bits per heavy atom. The lowest BCUT2D eigenvalue weighted by atomic mass is 10.2. The SMILES string of the molecule is CCOCCNC(=O)CNC(=O)c1cccc(F)c1.